The smallest absolute Gasteiger partial charge is 0.279 e. The number of pyridine rings is 1. The number of aromatic nitrogens is 1. The third-order valence-electron chi connectivity index (χ3n) is 3.75. The zero-order valence-electron chi connectivity index (χ0n) is 12.7. The van der Waals surface area contributed by atoms with E-state index in [9.17, 15) is 8.42 Å². The topological polar surface area (TPSA) is 74.3 Å². The summed E-state index contributed by atoms with van der Waals surface area (Å²) in [4.78, 5) is 4.17. The van der Waals surface area contributed by atoms with Crippen molar-refractivity contribution in [1.29, 1.82) is 0 Å². The fourth-order valence-corrected chi connectivity index (χ4v) is 3.88. The Balaban J connectivity index is 1.93. The second-order valence-electron chi connectivity index (χ2n) is 5.56. The highest BCUT2D eigenvalue weighted by molar-refractivity contribution is 7.87. The molecule has 7 heteroatoms. The van der Waals surface area contributed by atoms with E-state index in [0.29, 0.717) is 19.0 Å². The van der Waals surface area contributed by atoms with Crippen molar-refractivity contribution in [3.63, 3.8) is 0 Å². The van der Waals surface area contributed by atoms with Gasteiger partial charge in [0.05, 0.1) is 0 Å². The van der Waals surface area contributed by atoms with Crippen molar-refractivity contribution in [2.45, 2.75) is 26.3 Å². The third kappa shape index (κ3) is 4.74. The van der Waals surface area contributed by atoms with Crippen LogP contribution in [0.4, 0.5) is 0 Å². The molecule has 2 rings (SSSR count). The maximum Gasteiger partial charge on any atom is 0.279 e. The lowest BCUT2D eigenvalue weighted by atomic mass is 10.00. The lowest BCUT2D eigenvalue weighted by Gasteiger charge is -2.31. The Kier molecular flexibility index (Phi) is 5.69. The zero-order valence-corrected chi connectivity index (χ0v) is 13.5. The van der Waals surface area contributed by atoms with Gasteiger partial charge in [0.15, 0.2) is 0 Å². The minimum atomic E-state index is -3.42. The van der Waals surface area contributed by atoms with Crippen LogP contribution < -0.4 is 10.0 Å². The van der Waals surface area contributed by atoms with Crippen LogP contribution in [0.5, 0.6) is 0 Å². The van der Waals surface area contributed by atoms with Crippen LogP contribution in [0, 0.1) is 12.8 Å². The van der Waals surface area contributed by atoms with Crippen molar-refractivity contribution < 1.29 is 8.42 Å². The molecule has 21 heavy (non-hydrogen) atoms. The summed E-state index contributed by atoms with van der Waals surface area (Å²) in [5.41, 5.74) is 1.79. The number of rotatable bonds is 6. The summed E-state index contributed by atoms with van der Waals surface area (Å²) in [5.74, 6) is 0.390. The molecule has 2 N–H and O–H groups in total. The van der Waals surface area contributed by atoms with Crippen molar-refractivity contribution in [3.8, 4) is 0 Å². The maximum absolute atomic E-state index is 12.3. The summed E-state index contributed by atoms with van der Waals surface area (Å²) >= 11 is 0. The van der Waals surface area contributed by atoms with Crippen LogP contribution in [-0.4, -0.2) is 44.4 Å². The van der Waals surface area contributed by atoms with Crippen LogP contribution in [0.25, 0.3) is 0 Å². The second kappa shape index (κ2) is 7.31. The van der Waals surface area contributed by atoms with E-state index in [1.165, 1.54) is 0 Å². The molecule has 1 unspecified atom stereocenters. The zero-order chi connectivity index (χ0) is 15.3. The van der Waals surface area contributed by atoms with Gasteiger partial charge in [-0.3, -0.25) is 4.98 Å². The number of hydrogen-bond donors (Lipinski definition) is 2. The number of nitrogens with one attached hydrogen (secondary N) is 2. The monoisotopic (exact) mass is 312 g/mol. The highest BCUT2D eigenvalue weighted by atomic mass is 32.2. The Morgan fingerprint density at radius 2 is 2.24 bits per heavy atom. The van der Waals surface area contributed by atoms with Gasteiger partial charge in [-0.25, -0.2) is 0 Å². The van der Waals surface area contributed by atoms with Gasteiger partial charge in [-0.05, 0) is 50.9 Å². The normalized spacial score (nSPS) is 20.6. The molecule has 1 aromatic rings. The van der Waals surface area contributed by atoms with Crippen LogP contribution >= 0.6 is 0 Å². The van der Waals surface area contributed by atoms with E-state index in [1.54, 1.807) is 10.5 Å². The van der Waals surface area contributed by atoms with Crippen LogP contribution in [0.15, 0.2) is 18.3 Å². The molecule has 0 spiro atoms. The van der Waals surface area contributed by atoms with Gasteiger partial charge in [-0.1, -0.05) is 6.07 Å². The highest BCUT2D eigenvalue weighted by Crippen LogP contribution is 2.18. The second-order valence-corrected chi connectivity index (χ2v) is 7.31. The Hall–Kier alpha value is -1.02. The molecule has 0 bridgehead atoms. The van der Waals surface area contributed by atoms with Gasteiger partial charge in [-0.2, -0.15) is 17.4 Å². The summed E-state index contributed by atoms with van der Waals surface area (Å²) in [6.45, 7) is 4.23. The van der Waals surface area contributed by atoms with Gasteiger partial charge in [0.1, 0.15) is 0 Å². The molecule has 118 valence electrons. The Labute approximate surface area is 127 Å². The lowest BCUT2D eigenvalue weighted by Crippen LogP contribution is -2.47. The van der Waals surface area contributed by atoms with E-state index in [-0.39, 0.29) is 6.54 Å². The van der Waals surface area contributed by atoms with Gasteiger partial charge in [-0.15, -0.1) is 0 Å². The van der Waals surface area contributed by atoms with E-state index < -0.39 is 10.2 Å². The average Bonchev–Trinajstić information content (AvgIpc) is 2.47. The molecule has 0 saturated carbocycles. The fourth-order valence-electron chi connectivity index (χ4n) is 2.57. The molecule has 1 saturated heterocycles. The standard InChI is InChI=1S/C14H24N4O2S/c1-12-5-6-13(9-16-12)10-17-21(19,20)18-7-3-4-14(11-18)8-15-2/h5-6,9,14-15,17H,3-4,7-8,10-11H2,1-2H3. The first-order valence-corrected chi connectivity index (χ1v) is 8.76. The lowest BCUT2D eigenvalue weighted by molar-refractivity contribution is 0.261. The van der Waals surface area contributed by atoms with Gasteiger partial charge in [0.2, 0.25) is 0 Å². The fraction of sp³-hybridized carbons (Fsp3) is 0.643. The molecule has 0 aliphatic carbocycles. The van der Waals surface area contributed by atoms with E-state index in [4.69, 9.17) is 0 Å². The minimum absolute atomic E-state index is 0.281. The van der Waals surface area contributed by atoms with Crippen molar-refractivity contribution in [3.05, 3.63) is 29.6 Å². The molecule has 2 heterocycles. The summed E-state index contributed by atoms with van der Waals surface area (Å²) in [6, 6.07) is 3.78. The first-order chi connectivity index (χ1) is 10.0. The van der Waals surface area contributed by atoms with E-state index in [2.05, 4.69) is 15.0 Å². The van der Waals surface area contributed by atoms with E-state index in [0.717, 1.165) is 30.6 Å². The molecule has 1 atom stereocenters. The summed E-state index contributed by atoms with van der Waals surface area (Å²) < 4.78 is 28.9. The number of piperidine rings is 1. The molecular weight excluding hydrogens is 288 g/mol. The first-order valence-electron chi connectivity index (χ1n) is 7.32. The number of hydrogen-bond acceptors (Lipinski definition) is 4. The van der Waals surface area contributed by atoms with Crippen LogP contribution in [0.2, 0.25) is 0 Å². The molecule has 1 aromatic heterocycles. The SMILES string of the molecule is CNCC1CCCN(S(=O)(=O)NCc2ccc(C)nc2)C1. The van der Waals surface area contributed by atoms with E-state index >= 15 is 0 Å². The Morgan fingerprint density at radius 1 is 1.43 bits per heavy atom. The third-order valence-corrected chi connectivity index (χ3v) is 5.27. The van der Waals surface area contributed by atoms with Gasteiger partial charge in [0, 0.05) is 31.5 Å². The van der Waals surface area contributed by atoms with Crippen molar-refractivity contribution >= 4 is 10.2 Å². The van der Waals surface area contributed by atoms with Crippen LogP contribution in [0.3, 0.4) is 0 Å². The predicted octanol–water partition coefficient (Wildman–Crippen LogP) is 0.656. The average molecular weight is 312 g/mol. The Morgan fingerprint density at radius 3 is 2.90 bits per heavy atom. The van der Waals surface area contributed by atoms with E-state index in [1.807, 2.05) is 26.1 Å². The number of aryl methyl sites for hydroxylation is 1. The molecule has 0 aromatic carbocycles. The predicted molar refractivity (Wildman–Crippen MR) is 83.0 cm³/mol. The highest BCUT2D eigenvalue weighted by Gasteiger charge is 2.28. The maximum atomic E-state index is 12.3. The molecule has 1 fully saturated rings. The van der Waals surface area contributed by atoms with Crippen molar-refractivity contribution in [2.75, 3.05) is 26.7 Å². The van der Waals surface area contributed by atoms with Gasteiger partial charge < -0.3 is 5.32 Å². The first kappa shape index (κ1) is 16.4. The van der Waals surface area contributed by atoms with Crippen molar-refractivity contribution in [2.24, 2.45) is 5.92 Å². The molecule has 0 amide bonds. The summed E-state index contributed by atoms with van der Waals surface area (Å²) in [7, 11) is -1.52. The van der Waals surface area contributed by atoms with Crippen LogP contribution in [0.1, 0.15) is 24.1 Å². The number of nitrogens with zero attached hydrogens (tertiary/aromatic N) is 2. The largest absolute Gasteiger partial charge is 0.319 e. The van der Waals surface area contributed by atoms with Crippen molar-refractivity contribution in [1.82, 2.24) is 19.3 Å². The molecular formula is C14H24N4O2S. The Bertz CT molecular complexity index is 543. The van der Waals surface area contributed by atoms with Gasteiger partial charge >= 0.3 is 0 Å². The minimum Gasteiger partial charge on any atom is -0.319 e. The summed E-state index contributed by atoms with van der Waals surface area (Å²) in [6.07, 6.45) is 3.70. The molecule has 6 nitrogen and oxygen atoms in total. The van der Waals surface area contributed by atoms with Gasteiger partial charge in [0.25, 0.3) is 10.2 Å². The summed E-state index contributed by atoms with van der Waals surface area (Å²) in [5, 5.41) is 3.12. The molecule has 1 aliphatic rings. The molecule has 1 aliphatic heterocycles. The molecule has 0 radical (unpaired) electrons. The quantitative estimate of drug-likeness (QED) is 0.809. The van der Waals surface area contributed by atoms with Crippen LogP contribution in [-0.2, 0) is 16.8 Å².